The summed E-state index contributed by atoms with van der Waals surface area (Å²) in [5, 5.41) is 3.30. The minimum atomic E-state index is -4.46. The van der Waals surface area contributed by atoms with Gasteiger partial charge in [-0.2, -0.15) is 13.2 Å². The number of carbonyl (C=O) groups excluding carboxylic acids is 1. The Morgan fingerprint density at radius 2 is 2.09 bits per heavy atom. The van der Waals surface area contributed by atoms with Gasteiger partial charge in [0.15, 0.2) is 0 Å². The van der Waals surface area contributed by atoms with Gasteiger partial charge >= 0.3 is 6.18 Å². The van der Waals surface area contributed by atoms with Gasteiger partial charge in [0.05, 0.1) is 11.2 Å². The van der Waals surface area contributed by atoms with Crippen LogP contribution in [0.15, 0.2) is 30.5 Å². The summed E-state index contributed by atoms with van der Waals surface area (Å²) in [5.74, 6) is -0.641. The van der Waals surface area contributed by atoms with Crippen molar-refractivity contribution in [2.24, 2.45) is 0 Å². The molecular formula is C15H15F3N2O2. The van der Waals surface area contributed by atoms with Crippen LogP contribution in [0.25, 0.3) is 10.9 Å². The standard InChI is InChI=1S/C15H15F3N2O2/c1-9-5-6-12(11-4-3-7-19-13(9)11)20-14(21)10(2)22-8-15(16,17)18/h3-7,10H,8H2,1-2H3,(H,20,21)/t10-/m0/s1. The highest BCUT2D eigenvalue weighted by Gasteiger charge is 2.30. The van der Waals surface area contributed by atoms with E-state index in [1.54, 1.807) is 30.5 Å². The normalized spacial score (nSPS) is 13.1. The summed E-state index contributed by atoms with van der Waals surface area (Å²) in [6.45, 7) is 1.70. The molecule has 0 aliphatic carbocycles. The van der Waals surface area contributed by atoms with Gasteiger partial charge in [0, 0.05) is 11.6 Å². The first-order valence-corrected chi connectivity index (χ1v) is 6.61. The number of carbonyl (C=O) groups is 1. The number of nitrogens with one attached hydrogen (secondary N) is 1. The first kappa shape index (κ1) is 16.2. The Morgan fingerprint density at radius 1 is 1.36 bits per heavy atom. The number of alkyl halides is 3. The summed E-state index contributed by atoms with van der Waals surface area (Å²) in [7, 11) is 0. The minimum Gasteiger partial charge on any atom is -0.359 e. The van der Waals surface area contributed by atoms with Crippen molar-refractivity contribution < 1.29 is 22.7 Å². The van der Waals surface area contributed by atoms with Gasteiger partial charge in [-0.1, -0.05) is 6.07 Å². The number of benzene rings is 1. The number of halogens is 3. The van der Waals surface area contributed by atoms with Crippen LogP contribution in [-0.2, 0) is 9.53 Å². The van der Waals surface area contributed by atoms with Gasteiger partial charge in [-0.25, -0.2) is 0 Å². The van der Waals surface area contributed by atoms with Crippen LogP contribution in [-0.4, -0.2) is 29.8 Å². The highest BCUT2D eigenvalue weighted by Crippen LogP contribution is 2.25. The average Bonchev–Trinajstić information content (AvgIpc) is 2.47. The summed E-state index contributed by atoms with van der Waals surface area (Å²) in [5.41, 5.74) is 2.15. The number of aryl methyl sites for hydroxylation is 1. The van der Waals surface area contributed by atoms with Crippen LogP contribution in [0.1, 0.15) is 12.5 Å². The second-order valence-electron chi connectivity index (χ2n) is 4.89. The van der Waals surface area contributed by atoms with E-state index in [-0.39, 0.29) is 0 Å². The molecule has 0 aliphatic heterocycles. The maximum absolute atomic E-state index is 12.1. The monoisotopic (exact) mass is 312 g/mol. The molecule has 22 heavy (non-hydrogen) atoms. The highest BCUT2D eigenvalue weighted by atomic mass is 19.4. The van der Waals surface area contributed by atoms with Crippen molar-refractivity contribution in [3.05, 3.63) is 36.0 Å². The third-order valence-corrected chi connectivity index (χ3v) is 3.10. The number of rotatable bonds is 4. The number of aromatic nitrogens is 1. The van der Waals surface area contributed by atoms with E-state index in [0.29, 0.717) is 5.69 Å². The molecule has 0 aliphatic rings. The number of hydrogen-bond acceptors (Lipinski definition) is 3. The van der Waals surface area contributed by atoms with Crippen LogP contribution in [0.5, 0.6) is 0 Å². The first-order chi connectivity index (χ1) is 10.3. The number of fused-ring (bicyclic) bond motifs is 1. The van der Waals surface area contributed by atoms with Crippen molar-refractivity contribution in [3.8, 4) is 0 Å². The van der Waals surface area contributed by atoms with Gasteiger partial charge in [-0.05, 0) is 37.6 Å². The van der Waals surface area contributed by atoms with Crippen LogP contribution >= 0.6 is 0 Å². The molecule has 0 saturated carbocycles. The summed E-state index contributed by atoms with van der Waals surface area (Å²) in [4.78, 5) is 16.2. The fourth-order valence-electron chi connectivity index (χ4n) is 1.95. The molecule has 7 heteroatoms. The molecule has 1 N–H and O–H groups in total. The van der Waals surface area contributed by atoms with Crippen molar-refractivity contribution in [3.63, 3.8) is 0 Å². The number of pyridine rings is 1. The molecule has 0 bridgehead atoms. The Kier molecular flexibility index (Phi) is 4.65. The number of ether oxygens (including phenoxy) is 1. The number of amides is 1. The van der Waals surface area contributed by atoms with Crippen molar-refractivity contribution in [2.75, 3.05) is 11.9 Å². The molecule has 0 spiro atoms. The average molecular weight is 312 g/mol. The summed E-state index contributed by atoms with van der Waals surface area (Å²) >= 11 is 0. The first-order valence-electron chi connectivity index (χ1n) is 6.61. The molecule has 4 nitrogen and oxygen atoms in total. The van der Waals surface area contributed by atoms with Crippen LogP contribution in [0.4, 0.5) is 18.9 Å². The predicted molar refractivity (Wildman–Crippen MR) is 76.6 cm³/mol. The van der Waals surface area contributed by atoms with Crippen LogP contribution in [0.2, 0.25) is 0 Å². The van der Waals surface area contributed by atoms with E-state index in [1.807, 2.05) is 6.92 Å². The topological polar surface area (TPSA) is 51.2 Å². The molecule has 1 atom stereocenters. The third kappa shape index (κ3) is 3.94. The number of nitrogens with zero attached hydrogens (tertiary/aromatic N) is 1. The lowest BCUT2D eigenvalue weighted by Gasteiger charge is -2.16. The molecule has 0 radical (unpaired) electrons. The van der Waals surface area contributed by atoms with Gasteiger partial charge in [-0.3, -0.25) is 9.78 Å². The zero-order valence-corrected chi connectivity index (χ0v) is 12.1. The van der Waals surface area contributed by atoms with Crippen LogP contribution in [0, 0.1) is 6.92 Å². The molecular weight excluding hydrogens is 297 g/mol. The molecule has 1 aromatic carbocycles. The molecule has 0 saturated heterocycles. The number of anilines is 1. The number of hydrogen-bond donors (Lipinski definition) is 1. The van der Waals surface area contributed by atoms with Gasteiger partial charge in [0.2, 0.25) is 0 Å². The summed E-state index contributed by atoms with van der Waals surface area (Å²) in [6.07, 6.45) is -4.04. The van der Waals surface area contributed by atoms with Crippen LogP contribution in [0.3, 0.4) is 0 Å². The Balaban J connectivity index is 2.14. The quantitative estimate of drug-likeness (QED) is 0.941. The van der Waals surface area contributed by atoms with E-state index < -0.39 is 24.8 Å². The summed E-state index contributed by atoms with van der Waals surface area (Å²) in [6, 6.07) is 6.98. The van der Waals surface area contributed by atoms with Crippen molar-refractivity contribution in [2.45, 2.75) is 26.1 Å². The third-order valence-electron chi connectivity index (χ3n) is 3.10. The lowest BCUT2D eigenvalue weighted by molar-refractivity contribution is -0.184. The maximum atomic E-state index is 12.1. The molecule has 1 amide bonds. The minimum absolute atomic E-state index is 0.487. The van der Waals surface area contributed by atoms with E-state index in [4.69, 9.17) is 0 Å². The van der Waals surface area contributed by atoms with Crippen LogP contribution < -0.4 is 5.32 Å². The zero-order valence-electron chi connectivity index (χ0n) is 12.1. The fourth-order valence-corrected chi connectivity index (χ4v) is 1.95. The van der Waals surface area contributed by atoms with Crippen molar-refractivity contribution >= 4 is 22.5 Å². The molecule has 0 fully saturated rings. The molecule has 1 aromatic heterocycles. The van der Waals surface area contributed by atoms with E-state index in [9.17, 15) is 18.0 Å². The van der Waals surface area contributed by atoms with Gasteiger partial charge < -0.3 is 10.1 Å². The maximum Gasteiger partial charge on any atom is 0.411 e. The highest BCUT2D eigenvalue weighted by molar-refractivity contribution is 6.03. The largest absolute Gasteiger partial charge is 0.411 e. The molecule has 118 valence electrons. The summed E-state index contributed by atoms with van der Waals surface area (Å²) < 4.78 is 40.8. The van der Waals surface area contributed by atoms with Gasteiger partial charge in [0.25, 0.3) is 5.91 Å². The smallest absolute Gasteiger partial charge is 0.359 e. The fraction of sp³-hybridized carbons (Fsp3) is 0.333. The van der Waals surface area contributed by atoms with E-state index in [1.165, 1.54) is 6.92 Å². The molecule has 2 rings (SSSR count). The van der Waals surface area contributed by atoms with E-state index >= 15 is 0 Å². The molecule has 1 heterocycles. The molecule has 2 aromatic rings. The zero-order chi connectivity index (χ0) is 16.3. The van der Waals surface area contributed by atoms with Crippen molar-refractivity contribution in [1.82, 2.24) is 4.98 Å². The van der Waals surface area contributed by atoms with Gasteiger partial charge in [0.1, 0.15) is 12.7 Å². The lowest BCUT2D eigenvalue weighted by atomic mass is 10.1. The van der Waals surface area contributed by atoms with E-state index in [0.717, 1.165) is 16.5 Å². The lowest BCUT2D eigenvalue weighted by Crippen LogP contribution is -2.31. The van der Waals surface area contributed by atoms with Gasteiger partial charge in [-0.15, -0.1) is 0 Å². The Labute approximate surface area is 125 Å². The van der Waals surface area contributed by atoms with E-state index in [2.05, 4.69) is 15.0 Å². The molecule has 0 unspecified atom stereocenters. The predicted octanol–water partition coefficient (Wildman–Crippen LogP) is 3.45. The second kappa shape index (κ2) is 6.31. The Morgan fingerprint density at radius 3 is 2.77 bits per heavy atom. The van der Waals surface area contributed by atoms with Crippen molar-refractivity contribution in [1.29, 1.82) is 0 Å². The SMILES string of the molecule is Cc1ccc(NC(=O)[C@H](C)OCC(F)(F)F)c2cccnc12. The Hall–Kier alpha value is -2.15. The Bertz CT molecular complexity index is 686. The second-order valence-corrected chi connectivity index (χ2v) is 4.89.